The lowest BCUT2D eigenvalue weighted by atomic mass is 10.2. The molecule has 0 aliphatic carbocycles. The summed E-state index contributed by atoms with van der Waals surface area (Å²) in [6.45, 7) is 0. The van der Waals surface area contributed by atoms with Crippen LogP contribution in [-0.4, -0.2) is 8.42 Å². The van der Waals surface area contributed by atoms with Gasteiger partial charge in [0.25, 0.3) is 0 Å². The third-order valence-corrected chi connectivity index (χ3v) is 2.70. The summed E-state index contributed by atoms with van der Waals surface area (Å²) in [7, 11) is -3.49. The molecular formula is C7H7BrClNO2S. The van der Waals surface area contributed by atoms with Crippen LogP contribution >= 0.6 is 27.5 Å². The molecule has 0 aliphatic heterocycles. The Kier molecular flexibility index (Phi) is 3.34. The van der Waals surface area contributed by atoms with Crippen molar-refractivity contribution in [1.82, 2.24) is 0 Å². The van der Waals surface area contributed by atoms with Crippen LogP contribution in [0, 0.1) is 0 Å². The van der Waals surface area contributed by atoms with Crippen molar-refractivity contribution in [3.8, 4) is 0 Å². The van der Waals surface area contributed by atoms with Gasteiger partial charge in [0.15, 0.2) is 0 Å². The van der Waals surface area contributed by atoms with E-state index in [0.29, 0.717) is 10.6 Å². The normalized spacial score (nSPS) is 11.6. The summed E-state index contributed by atoms with van der Waals surface area (Å²) < 4.78 is 22.2. The maximum absolute atomic E-state index is 10.7. The quantitative estimate of drug-likeness (QED) is 0.901. The minimum atomic E-state index is -3.49. The number of benzene rings is 1. The summed E-state index contributed by atoms with van der Waals surface area (Å²) in [5.41, 5.74) is 0.571. The first-order chi connectivity index (χ1) is 5.87. The summed E-state index contributed by atoms with van der Waals surface area (Å²) in [5, 5.41) is 5.36. The second-order valence-electron chi connectivity index (χ2n) is 2.58. The largest absolute Gasteiger partial charge is 0.228 e. The van der Waals surface area contributed by atoms with E-state index < -0.39 is 10.0 Å². The van der Waals surface area contributed by atoms with E-state index in [9.17, 15) is 8.42 Å². The maximum Gasteiger partial charge on any atom is 0.213 e. The summed E-state index contributed by atoms with van der Waals surface area (Å²) in [4.78, 5) is 0. The van der Waals surface area contributed by atoms with Crippen molar-refractivity contribution in [3.63, 3.8) is 0 Å². The van der Waals surface area contributed by atoms with E-state index in [1.807, 2.05) is 0 Å². The van der Waals surface area contributed by atoms with Crippen molar-refractivity contribution in [3.05, 3.63) is 33.3 Å². The van der Waals surface area contributed by atoms with Gasteiger partial charge in [-0.25, -0.2) is 13.6 Å². The zero-order valence-electron chi connectivity index (χ0n) is 6.50. The lowest BCUT2D eigenvalue weighted by Gasteiger charge is -2.00. The molecule has 0 heterocycles. The molecule has 0 bridgehead atoms. The van der Waals surface area contributed by atoms with Crippen LogP contribution in [0.25, 0.3) is 0 Å². The molecule has 0 radical (unpaired) electrons. The minimum absolute atomic E-state index is 0.202. The number of hydrogen-bond acceptors (Lipinski definition) is 2. The highest BCUT2D eigenvalue weighted by atomic mass is 79.9. The zero-order valence-corrected chi connectivity index (χ0v) is 9.66. The topological polar surface area (TPSA) is 60.2 Å². The van der Waals surface area contributed by atoms with Gasteiger partial charge in [0, 0.05) is 9.50 Å². The fourth-order valence-electron chi connectivity index (χ4n) is 0.927. The lowest BCUT2D eigenvalue weighted by Crippen LogP contribution is -2.14. The molecule has 0 aliphatic rings. The van der Waals surface area contributed by atoms with Crippen molar-refractivity contribution in [2.24, 2.45) is 5.14 Å². The summed E-state index contributed by atoms with van der Waals surface area (Å²) in [6, 6.07) is 4.90. The fourth-order valence-corrected chi connectivity index (χ4v) is 2.49. The molecule has 0 aromatic heterocycles. The molecule has 0 saturated heterocycles. The molecule has 0 amide bonds. The molecule has 0 unspecified atom stereocenters. The highest BCUT2D eigenvalue weighted by Gasteiger charge is 2.06. The van der Waals surface area contributed by atoms with Gasteiger partial charge in [-0.05, 0) is 23.8 Å². The first-order valence-electron chi connectivity index (χ1n) is 3.32. The van der Waals surface area contributed by atoms with Gasteiger partial charge in [0.1, 0.15) is 0 Å². The average Bonchev–Trinajstić information content (AvgIpc) is 1.78. The van der Waals surface area contributed by atoms with Gasteiger partial charge in [-0.1, -0.05) is 27.5 Å². The molecule has 1 rings (SSSR count). The minimum Gasteiger partial charge on any atom is -0.228 e. The monoisotopic (exact) mass is 283 g/mol. The van der Waals surface area contributed by atoms with E-state index in [-0.39, 0.29) is 5.75 Å². The molecule has 72 valence electrons. The summed E-state index contributed by atoms with van der Waals surface area (Å²) in [5.74, 6) is -0.202. The molecule has 0 saturated carbocycles. The molecular weight excluding hydrogens is 278 g/mol. The van der Waals surface area contributed by atoms with Crippen molar-refractivity contribution in [1.29, 1.82) is 0 Å². The van der Waals surface area contributed by atoms with Gasteiger partial charge in [-0.3, -0.25) is 0 Å². The van der Waals surface area contributed by atoms with E-state index in [2.05, 4.69) is 15.9 Å². The fraction of sp³-hybridized carbons (Fsp3) is 0.143. The van der Waals surface area contributed by atoms with Crippen LogP contribution in [0.5, 0.6) is 0 Å². The number of sulfonamides is 1. The Labute approximate surface area is 90.1 Å². The van der Waals surface area contributed by atoms with Crippen molar-refractivity contribution in [2.75, 3.05) is 0 Å². The van der Waals surface area contributed by atoms with Gasteiger partial charge >= 0.3 is 0 Å². The average molecular weight is 285 g/mol. The highest BCUT2D eigenvalue weighted by molar-refractivity contribution is 9.10. The Morgan fingerprint density at radius 3 is 2.46 bits per heavy atom. The Hall–Kier alpha value is -0.100. The van der Waals surface area contributed by atoms with Crippen molar-refractivity contribution in [2.45, 2.75) is 5.75 Å². The van der Waals surface area contributed by atoms with Gasteiger partial charge in [-0.2, -0.15) is 0 Å². The van der Waals surface area contributed by atoms with Crippen LogP contribution in [0.1, 0.15) is 5.56 Å². The maximum atomic E-state index is 10.7. The van der Waals surface area contributed by atoms with Gasteiger partial charge in [0.05, 0.1) is 5.75 Å². The second kappa shape index (κ2) is 3.96. The Morgan fingerprint density at radius 2 is 2.00 bits per heavy atom. The Bertz CT molecular complexity index is 398. The van der Waals surface area contributed by atoms with Crippen LogP contribution in [0.2, 0.25) is 5.02 Å². The third kappa shape index (κ3) is 4.08. The molecule has 3 nitrogen and oxygen atoms in total. The predicted octanol–water partition coefficient (Wildman–Crippen LogP) is 1.89. The Morgan fingerprint density at radius 1 is 1.38 bits per heavy atom. The first-order valence-corrected chi connectivity index (χ1v) is 6.21. The molecule has 1 aromatic carbocycles. The number of halogens is 2. The molecule has 0 spiro atoms. The molecule has 1 aromatic rings. The van der Waals surface area contributed by atoms with Gasteiger partial charge in [0.2, 0.25) is 10.0 Å². The van der Waals surface area contributed by atoms with Crippen LogP contribution in [0.15, 0.2) is 22.7 Å². The molecule has 0 fully saturated rings. The van der Waals surface area contributed by atoms with E-state index in [1.54, 1.807) is 18.2 Å². The SMILES string of the molecule is NS(=O)(=O)Cc1cc(Cl)cc(Br)c1. The van der Waals surface area contributed by atoms with Gasteiger partial charge in [-0.15, -0.1) is 0 Å². The van der Waals surface area contributed by atoms with Crippen molar-refractivity contribution < 1.29 is 8.42 Å². The van der Waals surface area contributed by atoms with Crippen molar-refractivity contribution >= 4 is 37.6 Å². The van der Waals surface area contributed by atoms with Crippen LogP contribution in [0.4, 0.5) is 0 Å². The number of hydrogen-bond donors (Lipinski definition) is 1. The lowest BCUT2D eigenvalue weighted by molar-refractivity contribution is 0.597. The predicted molar refractivity (Wildman–Crippen MR) is 56.0 cm³/mol. The molecule has 13 heavy (non-hydrogen) atoms. The second-order valence-corrected chi connectivity index (χ2v) is 5.55. The van der Waals surface area contributed by atoms with Gasteiger partial charge < -0.3 is 0 Å². The smallest absolute Gasteiger partial charge is 0.213 e. The standard InChI is InChI=1S/C7H7BrClNO2S/c8-6-1-5(2-7(9)3-6)4-13(10,11)12/h1-3H,4H2,(H2,10,11,12). The third-order valence-electron chi connectivity index (χ3n) is 1.29. The van der Waals surface area contributed by atoms with E-state index in [4.69, 9.17) is 16.7 Å². The molecule has 2 N–H and O–H groups in total. The molecule has 6 heteroatoms. The number of primary sulfonamides is 1. The Balaban J connectivity index is 3.03. The molecule has 0 atom stereocenters. The van der Waals surface area contributed by atoms with Crippen LogP contribution in [-0.2, 0) is 15.8 Å². The van der Waals surface area contributed by atoms with E-state index in [0.717, 1.165) is 4.47 Å². The zero-order chi connectivity index (χ0) is 10.1. The number of nitrogens with two attached hydrogens (primary N) is 1. The number of rotatable bonds is 2. The van der Waals surface area contributed by atoms with Crippen LogP contribution in [0.3, 0.4) is 0 Å². The summed E-state index contributed by atoms with van der Waals surface area (Å²) >= 11 is 8.91. The van der Waals surface area contributed by atoms with E-state index >= 15 is 0 Å². The summed E-state index contributed by atoms with van der Waals surface area (Å²) in [6.07, 6.45) is 0. The first kappa shape index (κ1) is 11.0. The van der Waals surface area contributed by atoms with Crippen LogP contribution < -0.4 is 5.14 Å². The van der Waals surface area contributed by atoms with E-state index in [1.165, 1.54) is 0 Å². The highest BCUT2D eigenvalue weighted by Crippen LogP contribution is 2.20.